The molecule has 1 saturated heterocycles. The van der Waals surface area contributed by atoms with Gasteiger partial charge in [-0.1, -0.05) is 18.2 Å². The molecule has 0 unspecified atom stereocenters. The molecular formula is C21H14N8O3S. The summed E-state index contributed by atoms with van der Waals surface area (Å²) >= 11 is 1.16. The fourth-order valence-electron chi connectivity index (χ4n) is 3.14. The van der Waals surface area contributed by atoms with Crippen LogP contribution >= 0.6 is 11.8 Å². The van der Waals surface area contributed by atoms with E-state index in [1.807, 2.05) is 30.3 Å². The maximum Gasteiger partial charge on any atom is 0.269 e. The summed E-state index contributed by atoms with van der Waals surface area (Å²) < 4.78 is 1.70. The van der Waals surface area contributed by atoms with E-state index in [0.717, 1.165) is 17.4 Å². The summed E-state index contributed by atoms with van der Waals surface area (Å²) in [5, 5.41) is 25.1. The normalized spacial score (nSPS) is 15.8. The molecule has 2 N–H and O–H groups in total. The molecule has 3 heterocycles. The highest BCUT2D eigenvalue weighted by molar-refractivity contribution is 8.18. The molecule has 11 nitrogen and oxygen atoms in total. The Morgan fingerprint density at radius 2 is 1.91 bits per heavy atom. The number of carbonyl (C=O) groups excluding carboxylic acids is 1. The minimum absolute atomic E-state index is 0.0138. The number of non-ortho nitro benzene ring substituents is 1. The van der Waals surface area contributed by atoms with E-state index in [9.17, 15) is 14.9 Å². The van der Waals surface area contributed by atoms with E-state index in [4.69, 9.17) is 0 Å². The van der Waals surface area contributed by atoms with Crippen molar-refractivity contribution in [3.8, 4) is 16.9 Å². The van der Waals surface area contributed by atoms with Crippen molar-refractivity contribution in [2.45, 2.75) is 0 Å². The summed E-state index contributed by atoms with van der Waals surface area (Å²) in [6, 6.07) is 15.6. The van der Waals surface area contributed by atoms with Gasteiger partial charge in [-0.15, -0.1) is 0 Å². The number of hydrogen-bond acceptors (Lipinski definition) is 8. The van der Waals surface area contributed by atoms with Crippen LogP contribution in [0.25, 0.3) is 23.0 Å². The first-order valence-corrected chi connectivity index (χ1v) is 10.4. The summed E-state index contributed by atoms with van der Waals surface area (Å²) in [7, 11) is 0. The van der Waals surface area contributed by atoms with Gasteiger partial charge in [0.05, 0.1) is 21.2 Å². The number of benzene rings is 2. The van der Waals surface area contributed by atoms with Gasteiger partial charge < -0.3 is 5.32 Å². The lowest BCUT2D eigenvalue weighted by Crippen LogP contribution is -2.19. The van der Waals surface area contributed by atoms with E-state index in [1.54, 1.807) is 29.1 Å². The van der Waals surface area contributed by atoms with Crippen LogP contribution in [0.1, 0.15) is 5.56 Å². The van der Waals surface area contributed by atoms with Gasteiger partial charge in [-0.25, -0.2) is 9.78 Å². The Bertz CT molecular complexity index is 1390. The van der Waals surface area contributed by atoms with Crippen LogP contribution in [0.15, 0.2) is 77.0 Å². The molecule has 1 aliphatic rings. The number of nitrogens with one attached hydrogen (secondary N) is 2. The van der Waals surface area contributed by atoms with Crippen molar-refractivity contribution in [3.63, 3.8) is 0 Å². The van der Waals surface area contributed by atoms with Crippen LogP contribution in [0, 0.1) is 10.1 Å². The Morgan fingerprint density at radius 3 is 2.61 bits per heavy atom. The van der Waals surface area contributed by atoms with Gasteiger partial charge in [-0.2, -0.15) is 20.2 Å². The maximum atomic E-state index is 12.5. The highest BCUT2D eigenvalue weighted by atomic mass is 32.2. The summed E-state index contributed by atoms with van der Waals surface area (Å²) in [6.07, 6.45) is 4.84. The smallest absolute Gasteiger partial charge is 0.269 e. The molecule has 0 atom stereocenters. The highest BCUT2D eigenvalue weighted by Crippen LogP contribution is 2.32. The summed E-state index contributed by atoms with van der Waals surface area (Å²) in [5.74, 6) is -0.0251. The molecule has 33 heavy (non-hydrogen) atoms. The van der Waals surface area contributed by atoms with Crippen LogP contribution in [-0.4, -0.2) is 41.0 Å². The summed E-state index contributed by atoms with van der Waals surface area (Å²) in [4.78, 5) is 31.7. The predicted molar refractivity (Wildman–Crippen MR) is 123 cm³/mol. The van der Waals surface area contributed by atoms with Crippen molar-refractivity contribution < 1.29 is 9.72 Å². The standard InChI is InChI=1S/C21H14N8O3S/c30-19-17(33-21(24-19)25-20-22-12-23-26-20)10-14-11-28(15-4-2-1-3-5-15)27-18(14)13-6-8-16(9-7-13)29(31)32/h1-12H,(H2,22,23,24,25,26,30)/b17-10-. The zero-order valence-corrected chi connectivity index (χ0v) is 17.6. The largest absolute Gasteiger partial charge is 0.300 e. The Morgan fingerprint density at radius 1 is 1.12 bits per heavy atom. The Labute approximate surface area is 190 Å². The van der Waals surface area contributed by atoms with Gasteiger partial charge in [-0.05, 0) is 42.1 Å². The zero-order valence-electron chi connectivity index (χ0n) is 16.7. The van der Waals surface area contributed by atoms with E-state index < -0.39 is 4.92 Å². The van der Waals surface area contributed by atoms with Gasteiger partial charge in [0.2, 0.25) is 5.95 Å². The fourth-order valence-corrected chi connectivity index (χ4v) is 3.96. The second-order valence-electron chi connectivity index (χ2n) is 6.81. The predicted octanol–water partition coefficient (Wildman–Crippen LogP) is 3.46. The molecule has 12 heteroatoms. The Kier molecular flexibility index (Phi) is 5.24. The number of aromatic nitrogens is 5. The number of carbonyl (C=O) groups is 1. The van der Waals surface area contributed by atoms with E-state index >= 15 is 0 Å². The van der Waals surface area contributed by atoms with E-state index in [-0.39, 0.29) is 17.5 Å². The van der Waals surface area contributed by atoms with E-state index in [1.165, 1.54) is 18.5 Å². The Balaban J connectivity index is 1.55. The molecule has 1 amide bonds. The van der Waals surface area contributed by atoms with Crippen molar-refractivity contribution in [2.75, 3.05) is 0 Å². The maximum absolute atomic E-state index is 12.5. The highest BCUT2D eigenvalue weighted by Gasteiger charge is 2.25. The molecule has 4 aromatic rings. The lowest BCUT2D eigenvalue weighted by molar-refractivity contribution is -0.384. The van der Waals surface area contributed by atoms with Crippen LogP contribution < -0.4 is 5.32 Å². The molecule has 1 aliphatic heterocycles. The van der Waals surface area contributed by atoms with Gasteiger partial charge in [0, 0.05) is 29.5 Å². The van der Waals surface area contributed by atoms with E-state index in [2.05, 4.69) is 30.6 Å². The van der Waals surface area contributed by atoms with Crippen LogP contribution in [-0.2, 0) is 4.79 Å². The third-order valence-corrected chi connectivity index (χ3v) is 5.57. The zero-order chi connectivity index (χ0) is 22.8. The van der Waals surface area contributed by atoms with E-state index in [0.29, 0.717) is 26.9 Å². The van der Waals surface area contributed by atoms with Crippen molar-refractivity contribution in [1.82, 2.24) is 30.3 Å². The lowest BCUT2D eigenvalue weighted by atomic mass is 10.1. The Hall–Kier alpha value is -4.58. The monoisotopic (exact) mass is 458 g/mol. The number of amidine groups is 1. The number of hydrogen-bond donors (Lipinski definition) is 2. The van der Waals surface area contributed by atoms with Crippen LogP contribution in [0.4, 0.5) is 11.6 Å². The number of nitrogens with zero attached hydrogens (tertiary/aromatic N) is 6. The molecule has 2 aromatic carbocycles. The molecular weight excluding hydrogens is 444 g/mol. The quantitative estimate of drug-likeness (QED) is 0.265. The number of thioether (sulfide) groups is 1. The van der Waals surface area contributed by atoms with Crippen LogP contribution in [0.5, 0.6) is 0 Å². The molecule has 2 aromatic heterocycles. The number of aliphatic imine (C=N–C) groups is 1. The number of aromatic amines is 1. The average molecular weight is 458 g/mol. The first-order chi connectivity index (χ1) is 16.1. The number of H-pyrrole nitrogens is 1. The van der Waals surface area contributed by atoms with Crippen molar-refractivity contribution in [3.05, 3.63) is 87.7 Å². The number of para-hydroxylation sites is 1. The van der Waals surface area contributed by atoms with Gasteiger partial charge >= 0.3 is 0 Å². The average Bonchev–Trinajstić information content (AvgIpc) is 3.56. The van der Waals surface area contributed by atoms with Gasteiger partial charge in [0.15, 0.2) is 5.17 Å². The van der Waals surface area contributed by atoms with Crippen LogP contribution in [0.3, 0.4) is 0 Å². The molecule has 0 saturated carbocycles. The van der Waals surface area contributed by atoms with Gasteiger partial charge in [0.25, 0.3) is 11.6 Å². The molecule has 162 valence electrons. The molecule has 1 fully saturated rings. The topological polar surface area (TPSA) is 144 Å². The third-order valence-electron chi connectivity index (χ3n) is 4.66. The van der Waals surface area contributed by atoms with Crippen molar-refractivity contribution >= 4 is 40.5 Å². The molecule has 0 radical (unpaired) electrons. The molecule has 0 bridgehead atoms. The van der Waals surface area contributed by atoms with Crippen molar-refractivity contribution in [2.24, 2.45) is 4.99 Å². The minimum Gasteiger partial charge on any atom is -0.300 e. The number of nitro groups is 1. The first-order valence-electron chi connectivity index (χ1n) is 9.62. The minimum atomic E-state index is -0.454. The lowest BCUT2D eigenvalue weighted by Gasteiger charge is -2.00. The summed E-state index contributed by atoms with van der Waals surface area (Å²) in [5.41, 5.74) is 2.75. The third kappa shape index (κ3) is 4.27. The second-order valence-corrected chi connectivity index (χ2v) is 7.84. The van der Waals surface area contributed by atoms with Gasteiger partial charge in [-0.3, -0.25) is 14.9 Å². The number of amides is 1. The fraction of sp³-hybridized carbons (Fsp3) is 0. The summed E-state index contributed by atoms with van der Waals surface area (Å²) in [6.45, 7) is 0. The number of rotatable bonds is 5. The SMILES string of the molecule is O=C1N/C(=N\c2ncn[nH]2)S/C1=C\c1cn(-c2ccccc2)nc1-c1ccc([N+](=O)[O-])cc1. The second kappa shape index (κ2) is 8.51. The molecule has 0 spiro atoms. The van der Waals surface area contributed by atoms with Crippen molar-refractivity contribution in [1.29, 1.82) is 0 Å². The van der Waals surface area contributed by atoms with Gasteiger partial charge in [0.1, 0.15) is 6.33 Å². The molecule has 5 rings (SSSR count). The molecule has 0 aliphatic carbocycles. The number of nitro benzene ring substituents is 1. The first kappa shape index (κ1) is 20.3. The van der Waals surface area contributed by atoms with Crippen LogP contribution in [0.2, 0.25) is 0 Å².